The van der Waals surface area contributed by atoms with E-state index in [9.17, 15) is 10.1 Å². The van der Waals surface area contributed by atoms with Gasteiger partial charge < -0.3 is 0 Å². The number of hydrogen-bond donors (Lipinski definition) is 0. The van der Waals surface area contributed by atoms with Crippen molar-refractivity contribution in [3.05, 3.63) is 67.1 Å². The molecule has 2 aromatic rings. The predicted molar refractivity (Wildman–Crippen MR) is 84.5 cm³/mol. The maximum atomic E-state index is 10.8. The molecule has 0 aromatic heterocycles. The summed E-state index contributed by atoms with van der Waals surface area (Å²) in [6.07, 6.45) is 0. The van der Waals surface area contributed by atoms with E-state index in [0.29, 0.717) is 10.2 Å². The van der Waals surface area contributed by atoms with Crippen LogP contribution in [0.1, 0.15) is 5.56 Å². The molecule has 0 aliphatic heterocycles. The normalized spacial score (nSPS) is 10.4. The number of rotatable bonds is 4. The quantitative estimate of drug-likeness (QED) is 0.390. The van der Waals surface area contributed by atoms with Gasteiger partial charge >= 0.3 is 0 Å². The molecular formula is C13H9Br2NO2S. The number of nitro benzene ring substituents is 1. The zero-order valence-electron chi connectivity index (χ0n) is 9.68. The van der Waals surface area contributed by atoms with Crippen molar-refractivity contribution in [3.63, 3.8) is 0 Å². The molecule has 0 fully saturated rings. The average molecular weight is 403 g/mol. The molecule has 2 rings (SSSR count). The van der Waals surface area contributed by atoms with Gasteiger partial charge in [0.05, 0.1) is 9.40 Å². The molecule has 0 N–H and O–H groups in total. The minimum absolute atomic E-state index is 0.105. The molecule has 0 unspecified atom stereocenters. The maximum Gasteiger partial charge on any atom is 0.283 e. The lowest BCUT2D eigenvalue weighted by atomic mass is 10.2. The highest BCUT2D eigenvalue weighted by atomic mass is 79.9. The van der Waals surface area contributed by atoms with E-state index in [0.717, 1.165) is 14.9 Å². The first kappa shape index (κ1) is 14.6. The van der Waals surface area contributed by atoms with Crippen LogP contribution in [0.2, 0.25) is 0 Å². The summed E-state index contributed by atoms with van der Waals surface area (Å²) in [6.45, 7) is 0. The fourth-order valence-electron chi connectivity index (χ4n) is 1.49. The second-order valence-corrected chi connectivity index (χ2v) is 6.60. The Bertz CT molecular complexity index is 602. The van der Waals surface area contributed by atoms with Gasteiger partial charge in [0.15, 0.2) is 0 Å². The van der Waals surface area contributed by atoms with Gasteiger partial charge in [0.25, 0.3) is 5.69 Å². The van der Waals surface area contributed by atoms with Crippen molar-refractivity contribution in [2.24, 2.45) is 0 Å². The first-order chi connectivity index (χ1) is 9.06. The molecule has 19 heavy (non-hydrogen) atoms. The molecule has 6 heteroatoms. The highest BCUT2D eigenvalue weighted by molar-refractivity contribution is 9.10. The lowest BCUT2D eigenvalue weighted by Crippen LogP contribution is -1.91. The number of nitro groups is 1. The van der Waals surface area contributed by atoms with Crippen molar-refractivity contribution in [1.29, 1.82) is 0 Å². The third-order valence-electron chi connectivity index (χ3n) is 2.43. The van der Waals surface area contributed by atoms with Gasteiger partial charge in [0, 0.05) is 21.2 Å². The molecule has 0 radical (unpaired) electrons. The first-order valence-electron chi connectivity index (χ1n) is 5.37. The lowest BCUT2D eigenvalue weighted by molar-refractivity contribution is -0.385. The van der Waals surface area contributed by atoms with Crippen molar-refractivity contribution in [1.82, 2.24) is 0 Å². The van der Waals surface area contributed by atoms with Crippen LogP contribution >= 0.6 is 43.6 Å². The fraction of sp³-hybridized carbons (Fsp3) is 0.0769. The van der Waals surface area contributed by atoms with Gasteiger partial charge in [-0.05, 0) is 51.8 Å². The molecule has 0 aliphatic carbocycles. The van der Waals surface area contributed by atoms with Crippen molar-refractivity contribution in [3.8, 4) is 0 Å². The fourth-order valence-corrected chi connectivity index (χ4v) is 2.98. The Morgan fingerprint density at radius 1 is 1.11 bits per heavy atom. The van der Waals surface area contributed by atoms with Gasteiger partial charge in [-0.25, -0.2) is 0 Å². The van der Waals surface area contributed by atoms with Crippen molar-refractivity contribution < 1.29 is 4.92 Å². The molecule has 0 atom stereocenters. The zero-order chi connectivity index (χ0) is 13.8. The van der Waals surface area contributed by atoms with E-state index >= 15 is 0 Å². The molecule has 2 aromatic carbocycles. The molecule has 0 saturated heterocycles. The van der Waals surface area contributed by atoms with Crippen LogP contribution in [-0.4, -0.2) is 4.92 Å². The van der Waals surface area contributed by atoms with Gasteiger partial charge in [-0.1, -0.05) is 22.0 Å². The van der Waals surface area contributed by atoms with E-state index in [1.165, 1.54) is 0 Å². The van der Waals surface area contributed by atoms with Crippen molar-refractivity contribution in [2.45, 2.75) is 10.6 Å². The van der Waals surface area contributed by atoms with Crippen LogP contribution in [0.25, 0.3) is 0 Å². The van der Waals surface area contributed by atoms with Gasteiger partial charge in [0.1, 0.15) is 0 Å². The highest BCUT2D eigenvalue weighted by Crippen LogP contribution is 2.29. The molecule has 0 bridgehead atoms. The molecule has 0 amide bonds. The van der Waals surface area contributed by atoms with E-state index in [2.05, 4.69) is 31.9 Å². The molecule has 0 spiro atoms. The van der Waals surface area contributed by atoms with Gasteiger partial charge in [-0.15, -0.1) is 11.8 Å². The van der Waals surface area contributed by atoms with Crippen LogP contribution < -0.4 is 0 Å². The second kappa shape index (κ2) is 6.54. The van der Waals surface area contributed by atoms with Crippen molar-refractivity contribution in [2.75, 3.05) is 0 Å². The Hall–Kier alpha value is -0.850. The van der Waals surface area contributed by atoms with Gasteiger partial charge in [-0.3, -0.25) is 10.1 Å². The van der Waals surface area contributed by atoms with E-state index in [1.54, 1.807) is 23.9 Å². The second-order valence-electron chi connectivity index (χ2n) is 3.79. The van der Waals surface area contributed by atoms with E-state index in [-0.39, 0.29) is 10.6 Å². The van der Waals surface area contributed by atoms with Gasteiger partial charge in [-0.2, -0.15) is 0 Å². The Morgan fingerprint density at radius 2 is 1.79 bits per heavy atom. The molecule has 3 nitrogen and oxygen atoms in total. The van der Waals surface area contributed by atoms with Crippen LogP contribution in [0.5, 0.6) is 0 Å². The summed E-state index contributed by atoms with van der Waals surface area (Å²) in [4.78, 5) is 11.6. The molecule has 0 saturated carbocycles. The van der Waals surface area contributed by atoms with Crippen LogP contribution in [0.15, 0.2) is 56.3 Å². The monoisotopic (exact) mass is 401 g/mol. The topological polar surface area (TPSA) is 43.1 Å². The molecule has 0 heterocycles. The van der Waals surface area contributed by atoms with E-state index in [4.69, 9.17) is 0 Å². The zero-order valence-corrected chi connectivity index (χ0v) is 13.7. The van der Waals surface area contributed by atoms with Gasteiger partial charge in [0.2, 0.25) is 0 Å². The first-order valence-corrected chi connectivity index (χ1v) is 7.94. The smallest absolute Gasteiger partial charge is 0.258 e. The highest BCUT2D eigenvalue weighted by Gasteiger charge is 2.12. The van der Waals surface area contributed by atoms with E-state index < -0.39 is 0 Å². The Balaban J connectivity index is 2.09. The maximum absolute atomic E-state index is 10.8. The van der Waals surface area contributed by atoms with Crippen LogP contribution in [0.4, 0.5) is 5.69 Å². The summed E-state index contributed by atoms with van der Waals surface area (Å²) >= 11 is 8.22. The number of benzene rings is 2. The molecular weight excluding hydrogens is 394 g/mol. The van der Waals surface area contributed by atoms with Crippen LogP contribution in [0.3, 0.4) is 0 Å². The largest absolute Gasteiger partial charge is 0.283 e. The summed E-state index contributed by atoms with van der Waals surface area (Å²) in [6, 6.07) is 13.2. The van der Waals surface area contributed by atoms with Crippen molar-refractivity contribution >= 4 is 49.3 Å². The standard InChI is InChI=1S/C13H9Br2NO2S/c14-10-2-4-11(5-3-10)19-8-9-1-6-12(15)13(7-9)16(17)18/h1-7H,8H2. The third kappa shape index (κ3) is 4.06. The minimum Gasteiger partial charge on any atom is -0.258 e. The summed E-state index contributed by atoms with van der Waals surface area (Å²) in [7, 11) is 0. The number of halogens is 2. The Kier molecular flexibility index (Phi) is 5.01. The molecule has 0 aliphatic rings. The predicted octanol–water partition coefficient (Wildman–Crippen LogP) is 5.41. The summed E-state index contributed by atoms with van der Waals surface area (Å²) in [5, 5.41) is 10.8. The summed E-state index contributed by atoms with van der Waals surface area (Å²) in [5.41, 5.74) is 1.04. The van der Waals surface area contributed by atoms with Crippen LogP contribution in [0, 0.1) is 10.1 Å². The SMILES string of the molecule is O=[N+]([O-])c1cc(CSc2ccc(Br)cc2)ccc1Br. The number of thioether (sulfide) groups is 1. The summed E-state index contributed by atoms with van der Waals surface area (Å²) < 4.78 is 1.55. The lowest BCUT2D eigenvalue weighted by Gasteiger charge is -2.03. The minimum atomic E-state index is -0.377. The molecule has 98 valence electrons. The van der Waals surface area contributed by atoms with E-state index in [1.807, 2.05) is 30.3 Å². The Labute approximate surface area is 131 Å². The number of nitrogens with zero attached hydrogens (tertiary/aromatic N) is 1. The summed E-state index contributed by atoms with van der Waals surface area (Å²) in [5.74, 6) is 0.704. The Morgan fingerprint density at radius 3 is 2.42 bits per heavy atom. The number of hydrogen-bond acceptors (Lipinski definition) is 3. The van der Waals surface area contributed by atoms with Crippen LogP contribution in [-0.2, 0) is 5.75 Å². The average Bonchev–Trinajstić information content (AvgIpc) is 2.39. The third-order valence-corrected chi connectivity index (χ3v) is 4.71.